The predicted octanol–water partition coefficient (Wildman–Crippen LogP) is 2.41. The average molecular weight is 358 g/mol. The third kappa shape index (κ3) is 4.88. The number of hydrogen-bond acceptors (Lipinski definition) is 6. The summed E-state index contributed by atoms with van der Waals surface area (Å²) in [6, 6.07) is -0.878. The quantitative estimate of drug-likeness (QED) is 0.656. The first-order valence-corrected chi connectivity index (χ1v) is 8.00. The van der Waals surface area contributed by atoms with Crippen molar-refractivity contribution >= 4 is 11.8 Å². The van der Waals surface area contributed by atoms with E-state index in [1.54, 1.807) is 27.8 Å². The van der Waals surface area contributed by atoms with Crippen molar-refractivity contribution in [3.05, 3.63) is 22.0 Å². The fourth-order valence-corrected chi connectivity index (χ4v) is 2.72. The standard InChI is InChI=1S/C15H23FN4O5/c1-15(2,3)25-14(21)18-10-7-12(24-6-5-9(10)16)13-11(20(22)23)8-17-19(13)4/h8-10,12H,5-7H2,1-4H3,(H,18,21). The number of alkyl carbamates (subject to hydrolysis) is 1. The lowest BCUT2D eigenvalue weighted by Gasteiger charge is -2.25. The summed E-state index contributed by atoms with van der Waals surface area (Å²) in [4.78, 5) is 22.6. The minimum Gasteiger partial charge on any atom is -0.444 e. The number of halogens is 1. The summed E-state index contributed by atoms with van der Waals surface area (Å²) in [7, 11) is 1.56. The fraction of sp³-hybridized carbons (Fsp3) is 0.733. The largest absolute Gasteiger partial charge is 0.444 e. The molecule has 2 rings (SSSR count). The number of aryl methyl sites for hydroxylation is 1. The maximum atomic E-state index is 14.4. The number of aromatic nitrogens is 2. The van der Waals surface area contributed by atoms with Gasteiger partial charge in [0.2, 0.25) is 0 Å². The summed E-state index contributed by atoms with van der Waals surface area (Å²) in [6.07, 6.45) is -1.59. The van der Waals surface area contributed by atoms with Gasteiger partial charge in [0.05, 0.1) is 17.6 Å². The van der Waals surface area contributed by atoms with Crippen LogP contribution in [-0.2, 0) is 16.5 Å². The van der Waals surface area contributed by atoms with Crippen molar-refractivity contribution in [1.82, 2.24) is 15.1 Å². The number of amides is 1. The minimum atomic E-state index is -1.34. The van der Waals surface area contributed by atoms with Crippen LogP contribution in [0.4, 0.5) is 14.9 Å². The second-order valence-corrected chi connectivity index (χ2v) is 6.95. The Labute approximate surface area is 144 Å². The number of carbonyl (C=O) groups excluding carboxylic acids is 1. The first kappa shape index (κ1) is 19.1. The van der Waals surface area contributed by atoms with Crippen LogP contribution in [0, 0.1) is 10.1 Å². The maximum Gasteiger partial charge on any atom is 0.407 e. The van der Waals surface area contributed by atoms with E-state index in [4.69, 9.17) is 9.47 Å². The lowest BCUT2D eigenvalue weighted by atomic mass is 10.0. The second kappa shape index (κ2) is 7.34. The molecule has 1 fully saturated rings. The van der Waals surface area contributed by atoms with Crippen molar-refractivity contribution in [1.29, 1.82) is 0 Å². The van der Waals surface area contributed by atoms with E-state index in [-0.39, 0.29) is 30.8 Å². The molecule has 1 aromatic heterocycles. The summed E-state index contributed by atoms with van der Waals surface area (Å²) >= 11 is 0. The van der Waals surface area contributed by atoms with E-state index in [0.29, 0.717) is 0 Å². The van der Waals surface area contributed by atoms with Crippen molar-refractivity contribution in [3.8, 4) is 0 Å². The van der Waals surface area contributed by atoms with Gasteiger partial charge in [0.25, 0.3) is 0 Å². The van der Waals surface area contributed by atoms with Gasteiger partial charge in [-0.25, -0.2) is 9.18 Å². The van der Waals surface area contributed by atoms with Crippen LogP contribution in [-0.4, -0.2) is 45.2 Å². The van der Waals surface area contributed by atoms with Crippen molar-refractivity contribution in [2.24, 2.45) is 7.05 Å². The van der Waals surface area contributed by atoms with Gasteiger partial charge in [0.15, 0.2) is 0 Å². The third-order valence-corrected chi connectivity index (χ3v) is 3.79. The molecular weight excluding hydrogens is 335 g/mol. The molecule has 0 aromatic carbocycles. The van der Waals surface area contributed by atoms with Crippen LogP contribution in [0.5, 0.6) is 0 Å². The molecule has 1 aromatic rings. The van der Waals surface area contributed by atoms with Gasteiger partial charge < -0.3 is 14.8 Å². The SMILES string of the molecule is Cn1ncc([N+](=O)[O-])c1C1CC(NC(=O)OC(C)(C)C)C(F)CCO1. The predicted molar refractivity (Wildman–Crippen MR) is 85.8 cm³/mol. The molecule has 9 nitrogen and oxygen atoms in total. The van der Waals surface area contributed by atoms with Gasteiger partial charge in [-0.2, -0.15) is 5.10 Å². The number of alkyl halides is 1. The minimum absolute atomic E-state index is 0.0424. The van der Waals surface area contributed by atoms with Crippen molar-refractivity contribution in [3.63, 3.8) is 0 Å². The van der Waals surface area contributed by atoms with E-state index >= 15 is 0 Å². The Morgan fingerprint density at radius 1 is 1.56 bits per heavy atom. The number of nitrogens with one attached hydrogen (secondary N) is 1. The Balaban J connectivity index is 2.18. The molecular formula is C15H23FN4O5. The van der Waals surface area contributed by atoms with Crippen LogP contribution in [0.15, 0.2) is 6.20 Å². The molecule has 1 aliphatic rings. The lowest BCUT2D eigenvalue weighted by molar-refractivity contribution is -0.386. The fourth-order valence-electron chi connectivity index (χ4n) is 2.72. The number of hydrogen-bond donors (Lipinski definition) is 1. The summed E-state index contributed by atoms with van der Waals surface area (Å²) in [5.74, 6) is 0. The van der Waals surface area contributed by atoms with Crippen molar-refractivity contribution < 1.29 is 23.6 Å². The molecule has 2 heterocycles. The topological polar surface area (TPSA) is 109 Å². The molecule has 0 radical (unpaired) electrons. The highest BCUT2D eigenvalue weighted by Gasteiger charge is 2.36. The van der Waals surface area contributed by atoms with Crippen molar-refractivity contribution in [2.45, 2.75) is 57.5 Å². The molecule has 1 aliphatic heterocycles. The van der Waals surface area contributed by atoms with E-state index in [0.717, 1.165) is 6.20 Å². The lowest BCUT2D eigenvalue weighted by Crippen LogP contribution is -2.44. The zero-order valence-corrected chi connectivity index (χ0v) is 14.7. The van der Waals surface area contributed by atoms with Gasteiger partial charge in [-0.15, -0.1) is 0 Å². The van der Waals surface area contributed by atoms with Crippen LogP contribution in [0.25, 0.3) is 0 Å². The Kier molecular flexibility index (Phi) is 5.61. The summed E-state index contributed by atoms with van der Waals surface area (Å²) in [6.45, 7) is 5.20. The maximum absolute atomic E-state index is 14.4. The highest BCUT2D eigenvalue weighted by Crippen LogP contribution is 2.33. The van der Waals surface area contributed by atoms with Gasteiger partial charge in [0.1, 0.15) is 29.8 Å². The van der Waals surface area contributed by atoms with Crippen LogP contribution < -0.4 is 5.32 Å². The van der Waals surface area contributed by atoms with Gasteiger partial charge in [-0.3, -0.25) is 14.8 Å². The Bertz CT molecular complexity index is 642. The first-order valence-electron chi connectivity index (χ1n) is 8.00. The molecule has 1 saturated heterocycles. The molecule has 10 heteroatoms. The molecule has 0 spiro atoms. The zero-order valence-electron chi connectivity index (χ0n) is 14.7. The zero-order chi connectivity index (χ0) is 18.8. The normalized spacial score (nSPS) is 24.4. The molecule has 3 atom stereocenters. The smallest absolute Gasteiger partial charge is 0.407 e. The molecule has 25 heavy (non-hydrogen) atoms. The van der Waals surface area contributed by atoms with Crippen LogP contribution in [0.1, 0.15) is 45.4 Å². The van der Waals surface area contributed by atoms with Crippen LogP contribution in [0.2, 0.25) is 0 Å². The van der Waals surface area contributed by atoms with E-state index in [9.17, 15) is 19.3 Å². The molecule has 1 amide bonds. The Morgan fingerprint density at radius 3 is 2.84 bits per heavy atom. The Morgan fingerprint density at radius 2 is 2.24 bits per heavy atom. The van der Waals surface area contributed by atoms with Gasteiger partial charge >= 0.3 is 11.8 Å². The highest BCUT2D eigenvalue weighted by atomic mass is 19.1. The average Bonchev–Trinajstić information content (AvgIpc) is 2.76. The highest BCUT2D eigenvalue weighted by molar-refractivity contribution is 5.68. The number of ether oxygens (including phenoxy) is 2. The second-order valence-electron chi connectivity index (χ2n) is 6.95. The monoisotopic (exact) mass is 358 g/mol. The molecule has 0 saturated carbocycles. The van der Waals surface area contributed by atoms with E-state index < -0.39 is 34.9 Å². The number of rotatable bonds is 3. The van der Waals surface area contributed by atoms with Gasteiger partial charge in [-0.1, -0.05) is 0 Å². The molecule has 0 bridgehead atoms. The summed E-state index contributed by atoms with van der Waals surface area (Å²) in [5, 5.41) is 17.6. The van der Waals surface area contributed by atoms with E-state index in [1.807, 2.05) is 0 Å². The van der Waals surface area contributed by atoms with Gasteiger partial charge in [0, 0.05) is 19.9 Å². The van der Waals surface area contributed by atoms with Crippen molar-refractivity contribution in [2.75, 3.05) is 6.61 Å². The number of nitro groups is 1. The number of carbonyl (C=O) groups is 1. The van der Waals surface area contributed by atoms with E-state index in [1.165, 1.54) is 4.68 Å². The van der Waals surface area contributed by atoms with Crippen LogP contribution >= 0.6 is 0 Å². The summed E-state index contributed by atoms with van der Waals surface area (Å²) in [5.41, 5.74) is -0.659. The van der Waals surface area contributed by atoms with Crippen LogP contribution in [0.3, 0.4) is 0 Å². The van der Waals surface area contributed by atoms with E-state index in [2.05, 4.69) is 10.4 Å². The first-order chi connectivity index (χ1) is 11.6. The number of nitrogens with zero attached hydrogens (tertiary/aromatic N) is 3. The molecule has 0 aliphatic carbocycles. The molecule has 140 valence electrons. The molecule has 3 unspecified atom stereocenters. The third-order valence-electron chi connectivity index (χ3n) is 3.79. The van der Waals surface area contributed by atoms with Gasteiger partial charge in [-0.05, 0) is 20.8 Å². The molecule has 1 N–H and O–H groups in total. The summed E-state index contributed by atoms with van der Waals surface area (Å²) < 4.78 is 26.5. The Hall–Kier alpha value is -2.23.